The number of nitrogens with one attached hydrogen (secondary N) is 2. The van der Waals surface area contributed by atoms with Crippen molar-refractivity contribution in [1.29, 1.82) is 0 Å². The molecule has 2 N–H and O–H groups in total. The summed E-state index contributed by atoms with van der Waals surface area (Å²) < 4.78 is 13.5. The summed E-state index contributed by atoms with van der Waals surface area (Å²) in [5.74, 6) is -0.985. The Labute approximate surface area is 132 Å². The molecule has 2 aromatic carbocycles. The minimum atomic E-state index is -0.552. The van der Waals surface area contributed by atoms with Gasteiger partial charge in [0.1, 0.15) is 5.82 Å². The molecule has 0 aromatic heterocycles. The molecule has 0 saturated carbocycles. The number of halogens is 2. The summed E-state index contributed by atoms with van der Waals surface area (Å²) in [5.41, 5.74) is 1.31. The maximum Gasteiger partial charge on any atom is 0.243 e. The lowest BCUT2D eigenvalue weighted by Gasteiger charge is -2.09. The van der Waals surface area contributed by atoms with Crippen molar-refractivity contribution in [3.8, 4) is 0 Å². The van der Waals surface area contributed by atoms with Gasteiger partial charge < -0.3 is 10.6 Å². The number of anilines is 2. The second-order valence-corrected chi connectivity index (χ2v) is 5.10. The monoisotopic (exact) mass is 320 g/mol. The minimum Gasteiger partial charge on any atom is -0.376 e. The van der Waals surface area contributed by atoms with Gasteiger partial charge in [0.2, 0.25) is 5.91 Å². The van der Waals surface area contributed by atoms with Crippen LogP contribution in [0.3, 0.4) is 0 Å². The van der Waals surface area contributed by atoms with Crippen molar-refractivity contribution >= 4 is 34.7 Å². The average molecular weight is 321 g/mol. The molecule has 0 fully saturated rings. The Bertz CT molecular complexity index is 702. The van der Waals surface area contributed by atoms with Crippen molar-refractivity contribution in [2.75, 3.05) is 17.2 Å². The zero-order valence-corrected chi connectivity index (χ0v) is 12.6. The van der Waals surface area contributed by atoms with Gasteiger partial charge >= 0.3 is 0 Å². The van der Waals surface area contributed by atoms with Gasteiger partial charge in [-0.15, -0.1) is 0 Å². The van der Waals surface area contributed by atoms with Gasteiger partial charge in [0.25, 0.3) is 0 Å². The molecule has 0 heterocycles. The first-order valence-corrected chi connectivity index (χ1v) is 6.93. The molecule has 0 aliphatic heterocycles. The molecule has 0 aliphatic rings. The van der Waals surface area contributed by atoms with Gasteiger partial charge in [0.05, 0.1) is 12.2 Å². The van der Waals surface area contributed by atoms with E-state index in [1.807, 2.05) is 0 Å². The Morgan fingerprint density at radius 2 is 1.82 bits per heavy atom. The highest BCUT2D eigenvalue weighted by Crippen LogP contribution is 2.19. The molecule has 4 nitrogen and oxygen atoms in total. The largest absolute Gasteiger partial charge is 0.376 e. The van der Waals surface area contributed by atoms with E-state index in [0.717, 1.165) is 0 Å². The average Bonchev–Trinajstić information content (AvgIpc) is 2.49. The quantitative estimate of drug-likeness (QED) is 0.825. The molecule has 1 amide bonds. The van der Waals surface area contributed by atoms with E-state index in [0.29, 0.717) is 16.3 Å². The Kier molecular flexibility index (Phi) is 5.12. The van der Waals surface area contributed by atoms with Gasteiger partial charge in [0, 0.05) is 16.3 Å². The number of benzene rings is 2. The van der Waals surface area contributed by atoms with Crippen molar-refractivity contribution in [2.24, 2.45) is 0 Å². The van der Waals surface area contributed by atoms with Crippen LogP contribution in [0.15, 0.2) is 42.5 Å². The van der Waals surface area contributed by atoms with Crippen LogP contribution in [0, 0.1) is 5.82 Å². The number of hydrogen-bond acceptors (Lipinski definition) is 3. The molecular weight excluding hydrogens is 307 g/mol. The summed E-state index contributed by atoms with van der Waals surface area (Å²) >= 11 is 5.75. The smallest absolute Gasteiger partial charge is 0.243 e. The van der Waals surface area contributed by atoms with Crippen LogP contribution >= 0.6 is 11.6 Å². The number of ketones is 1. The molecule has 0 atom stereocenters. The fourth-order valence-corrected chi connectivity index (χ4v) is 1.96. The van der Waals surface area contributed by atoms with Gasteiger partial charge in [-0.1, -0.05) is 11.6 Å². The van der Waals surface area contributed by atoms with Crippen LogP contribution in [0.5, 0.6) is 0 Å². The third-order valence-corrected chi connectivity index (χ3v) is 3.18. The van der Waals surface area contributed by atoms with Crippen molar-refractivity contribution in [3.63, 3.8) is 0 Å². The van der Waals surface area contributed by atoms with Crippen LogP contribution in [0.4, 0.5) is 15.8 Å². The Morgan fingerprint density at radius 3 is 2.45 bits per heavy atom. The van der Waals surface area contributed by atoms with Gasteiger partial charge in [0.15, 0.2) is 5.78 Å². The predicted molar refractivity (Wildman–Crippen MR) is 85.0 cm³/mol. The summed E-state index contributed by atoms with van der Waals surface area (Å²) in [5, 5.41) is 5.66. The molecule has 6 heteroatoms. The SMILES string of the molecule is CC(=O)c1ccc(NCC(=O)Nc2cc(Cl)ccc2F)cc1. The summed E-state index contributed by atoms with van der Waals surface area (Å²) in [6.07, 6.45) is 0. The van der Waals surface area contributed by atoms with Crippen LogP contribution < -0.4 is 10.6 Å². The van der Waals surface area contributed by atoms with E-state index in [4.69, 9.17) is 11.6 Å². The Hall–Kier alpha value is -2.40. The molecule has 114 valence electrons. The lowest BCUT2D eigenvalue weighted by Crippen LogP contribution is -2.22. The van der Waals surface area contributed by atoms with Crippen LogP contribution in [0.25, 0.3) is 0 Å². The maximum absolute atomic E-state index is 13.5. The molecule has 2 rings (SSSR count). The highest BCUT2D eigenvalue weighted by Gasteiger charge is 2.07. The first kappa shape index (κ1) is 16.0. The lowest BCUT2D eigenvalue weighted by molar-refractivity contribution is -0.114. The number of carbonyl (C=O) groups is 2. The standard InChI is InChI=1S/C16H14ClFN2O2/c1-10(21)11-2-5-13(6-3-11)19-9-16(22)20-15-8-12(17)4-7-14(15)18/h2-8,19H,9H2,1H3,(H,20,22). The summed E-state index contributed by atoms with van der Waals surface area (Å²) in [6.45, 7) is 1.45. The number of hydrogen-bond donors (Lipinski definition) is 2. The molecule has 0 saturated heterocycles. The van der Waals surface area contributed by atoms with Crippen molar-refractivity contribution in [3.05, 3.63) is 58.9 Å². The number of carbonyl (C=O) groups excluding carboxylic acids is 2. The third-order valence-electron chi connectivity index (χ3n) is 2.95. The van der Waals surface area contributed by atoms with E-state index in [-0.39, 0.29) is 18.0 Å². The fraction of sp³-hybridized carbons (Fsp3) is 0.125. The topological polar surface area (TPSA) is 58.2 Å². The summed E-state index contributed by atoms with van der Waals surface area (Å²) in [4.78, 5) is 22.9. The number of amides is 1. The van der Waals surface area contributed by atoms with Crippen LogP contribution in [-0.4, -0.2) is 18.2 Å². The zero-order chi connectivity index (χ0) is 16.1. The molecule has 22 heavy (non-hydrogen) atoms. The second-order valence-electron chi connectivity index (χ2n) is 4.66. The van der Waals surface area contributed by atoms with E-state index < -0.39 is 11.7 Å². The second kappa shape index (κ2) is 7.04. The summed E-state index contributed by atoms with van der Waals surface area (Å²) in [6, 6.07) is 10.7. The van der Waals surface area contributed by atoms with Crippen molar-refractivity contribution in [2.45, 2.75) is 6.92 Å². The lowest BCUT2D eigenvalue weighted by atomic mass is 10.1. The molecule has 0 unspecified atom stereocenters. The fourth-order valence-electron chi connectivity index (χ4n) is 1.79. The van der Waals surface area contributed by atoms with Crippen LogP contribution in [0.2, 0.25) is 5.02 Å². The zero-order valence-electron chi connectivity index (χ0n) is 11.8. The van der Waals surface area contributed by atoms with Crippen LogP contribution in [0.1, 0.15) is 17.3 Å². The highest BCUT2D eigenvalue weighted by molar-refractivity contribution is 6.30. The Balaban J connectivity index is 1.92. The van der Waals surface area contributed by atoms with E-state index in [1.54, 1.807) is 24.3 Å². The highest BCUT2D eigenvalue weighted by atomic mass is 35.5. The summed E-state index contributed by atoms with van der Waals surface area (Å²) in [7, 11) is 0. The van der Waals surface area contributed by atoms with E-state index in [2.05, 4.69) is 10.6 Å². The van der Waals surface area contributed by atoms with Crippen molar-refractivity contribution < 1.29 is 14.0 Å². The first-order valence-electron chi connectivity index (χ1n) is 6.55. The predicted octanol–water partition coefficient (Wildman–Crippen LogP) is 3.73. The molecule has 0 bridgehead atoms. The molecular formula is C16H14ClFN2O2. The third kappa shape index (κ3) is 4.30. The normalized spacial score (nSPS) is 10.1. The molecule has 0 aliphatic carbocycles. The minimum absolute atomic E-state index is 0.0271. The van der Waals surface area contributed by atoms with E-state index >= 15 is 0 Å². The Morgan fingerprint density at radius 1 is 1.14 bits per heavy atom. The number of Topliss-reactive ketones (excluding diaryl/α,β-unsaturated/α-hetero) is 1. The molecule has 0 spiro atoms. The van der Waals surface area contributed by atoms with Gasteiger partial charge in [-0.05, 0) is 49.4 Å². The van der Waals surface area contributed by atoms with Gasteiger partial charge in [-0.3, -0.25) is 9.59 Å². The maximum atomic E-state index is 13.5. The van der Waals surface area contributed by atoms with Gasteiger partial charge in [-0.25, -0.2) is 4.39 Å². The molecule has 0 radical (unpaired) electrons. The van der Waals surface area contributed by atoms with E-state index in [9.17, 15) is 14.0 Å². The van der Waals surface area contributed by atoms with E-state index in [1.165, 1.54) is 25.1 Å². The van der Waals surface area contributed by atoms with Gasteiger partial charge in [-0.2, -0.15) is 0 Å². The van der Waals surface area contributed by atoms with Crippen molar-refractivity contribution in [1.82, 2.24) is 0 Å². The van der Waals surface area contributed by atoms with Crippen LogP contribution in [-0.2, 0) is 4.79 Å². The number of rotatable bonds is 5. The first-order chi connectivity index (χ1) is 10.5. The molecule has 2 aromatic rings.